The van der Waals surface area contributed by atoms with E-state index in [1.54, 1.807) is 0 Å². The van der Waals surface area contributed by atoms with Crippen LogP contribution in [0.4, 0.5) is 20.4 Å². The van der Waals surface area contributed by atoms with Gasteiger partial charge in [-0.15, -0.1) is 0 Å². The number of nitrogen functional groups attached to an aromatic ring is 1. The molecule has 0 amide bonds. The predicted molar refractivity (Wildman–Crippen MR) is 67.4 cm³/mol. The van der Waals surface area contributed by atoms with Crippen molar-refractivity contribution < 1.29 is 17.2 Å². The largest absolute Gasteiger partial charge is 0.353 e. The van der Waals surface area contributed by atoms with Crippen LogP contribution in [0.25, 0.3) is 0 Å². The van der Waals surface area contributed by atoms with Gasteiger partial charge in [-0.1, -0.05) is 0 Å². The monoisotopic (exact) mass is 292 g/mol. The second-order valence-corrected chi connectivity index (χ2v) is 6.56. The molecular formula is C10H14F2N4O2S. The van der Waals surface area contributed by atoms with Crippen LogP contribution < -0.4 is 16.2 Å². The van der Waals surface area contributed by atoms with E-state index in [-0.39, 0.29) is 29.7 Å². The zero-order valence-electron chi connectivity index (χ0n) is 10.1. The summed E-state index contributed by atoms with van der Waals surface area (Å²) < 4.78 is 49.9. The number of anilines is 2. The fraction of sp³-hybridized carbons (Fsp3) is 0.500. The van der Waals surface area contributed by atoms with E-state index in [0.29, 0.717) is 19.0 Å². The first-order valence-corrected chi connectivity index (χ1v) is 7.53. The molecule has 6 nitrogen and oxygen atoms in total. The van der Waals surface area contributed by atoms with E-state index in [2.05, 4.69) is 4.98 Å². The van der Waals surface area contributed by atoms with Crippen LogP contribution in [-0.4, -0.2) is 38.0 Å². The lowest BCUT2D eigenvalue weighted by atomic mass is 10.3. The van der Waals surface area contributed by atoms with E-state index in [9.17, 15) is 17.2 Å². The van der Waals surface area contributed by atoms with Crippen LogP contribution in [0.15, 0.2) is 6.07 Å². The van der Waals surface area contributed by atoms with E-state index in [1.807, 2.05) is 5.43 Å². The van der Waals surface area contributed by atoms with Crippen LogP contribution in [0.1, 0.15) is 6.42 Å². The van der Waals surface area contributed by atoms with E-state index in [1.165, 1.54) is 4.90 Å². The molecule has 1 aromatic rings. The zero-order valence-corrected chi connectivity index (χ0v) is 10.9. The third-order valence-corrected chi connectivity index (χ3v) is 4.62. The molecule has 1 aliphatic rings. The van der Waals surface area contributed by atoms with E-state index >= 15 is 0 Å². The van der Waals surface area contributed by atoms with Gasteiger partial charge in [0, 0.05) is 19.2 Å². The predicted octanol–water partition coefficient (Wildman–Crippen LogP) is 0.270. The molecule has 0 atom stereocenters. The Bertz CT molecular complexity index is 579. The lowest BCUT2D eigenvalue weighted by Crippen LogP contribution is -2.29. The smallest absolute Gasteiger partial charge is 0.178 e. The lowest BCUT2D eigenvalue weighted by Gasteiger charge is -2.21. The van der Waals surface area contributed by atoms with Crippen molar-refractivity contribution in [2.45, 2.75) is 6.42 Å². The van der Waals surface area contributed by atoms with Crippen LogP contribution in [0, 0.1) is 11.6 Å². The van der Waals surface area contributed by atoms with Gasteiger partial charge in [0.1, 0.15) is 0 Å². The highest BCUT2D eigenvalue weighted by Gasteiger charge is 2.23. The number of nitrogens with one attached hydrogen (secondary N) is 1. The summed E-state index contributed by atoms with van der Waals surface area (Å²) in [4.78, 5) is 5.23. The number of pyridine rings is 1. The molecule has 9 heteroatoms. The molecule has 0 radical (unpaired) electrons. The Morgan fingerprint density at radius 3 is 2.68 bits per heavy atom. The van der Waals surface area contributed by atoms with Crippen molar-refractivity contribution in [1.29, 1.82) is 0 Å². The van der Waals surface area contributed by atoms with Gasteiger partial charge < -0.3 is 10.3 Å². The summed E-state index contributed by atoms with van der Waals surface area (Å²) in [7, 11) is -3.10. The number of sulfone groups is 1. The average molecular weight is 292 g/mol. The molecule has 0 unspecified atom stereocenters. The number of nitrogens with zero attached hydrogens (tertiary/aromatic N) is 2. The Morgan fingerprint density at radius 1 is 1.26 bits per heavy atom. The SMILES string of the molecule is NNc1nc(N2CCCS(=O)(=O)CC2)c(F)cc1F. The van der Waals surface area contributed by atoms with Gasteiger partial charge in [0.2, 0.25) is 0 Å². The van der Waals surface area contributed by atoms with Gasteiger partial charge in [-0.25, -0.2) is 28.0 Å². The number of hydrogen-bond acceptors (Lipinski definition) is 6. The van der Waals surface area contributed by atoms with Crippen molar-refractivity contribution >= 4 is 21.5 Å². The normalized spacial score (nSPS) is 19.0. The third-order valence-electron chi connectivity index (χ3n) is 2.90. The summed E-state index contributed by atoms with van der Waals surface area (Å²) in [6, 6.07) is 0.677. The first kappa shape index (κ1) is 13.9. The van der Waals surface area contributed by atoms with Gasteiger partial charge in [0.15, 0.2) is 33.1 Å². The second kappa shape index (κ2) is 5.25. The van der Waals surface area contributed by atoms with Gasteiger partial charge in [0.05, 0.1) is 11.5 Å². The van der Waals surface area contributed by atoms with Crippen molar-refractivity contribution in [3.05, 3.63) is 17.7 Å². The Hall–Kier alpha value is -1.48. The molecule has 2 heterocycles. The number of aromatic nitrogens is 1. The Balaban J connectivity index is 2.31. The minimum atomic E-state index is -3.10. The molecule has 0 aliphatic carbocycles. The van der Waals surface area contributed by atoms with E-state index in [0.717, 1.165) is 0 Å². The van der Waals surface area contributed by atoms with Crippen LogP contribution in [0.3, 0.4) is 0 Å². The van der Waals surface area contributed by atoms with Crippen LogP contribution in [-0.2, 0) is 9.84 Å². The maximum Gasteiger partial charge on any atom is 0.178 e. The molecule has 1 saturated heterocycles. The topological polar surface area (TPSA) is 88.3 Å². The molecule has 0 saturated carbocycles. The fourth-order valence-electron chi connectivity index (χ4n) is 1.93. The number of halogens is 2. The standard InChI is InChI=1S/C10H14F2N4O2S/c11-7-6-8(12)10(14-9(7)15-13)16-2-1-4-19(17,18)5-3-16/h6H,1-5,13H2,(H,14,15). The number of nitrogens with two attached hydrogens (primary N) is 1. The van der Waals surface area contributed by atoms with Gasteiger partial charge in [-0.2, -0.15) is 0 Å². The first-order chi connectivity index (χ1) is 8.93. The minimum absolute atomic E-state index is 0.0638. The maximum absolute atomic E-state index is 13.7. The zero-order chi connectivity index (χ0) is 14.0. The van der Waals surface area contributed by atoms with Gasteiger partial charge in [-0.05, 0) is 6.42 Å². The lowest BCUT2D eigenvalue weighted by molar-refractivity contribution is 0.570. The number of rotatable bonds is 2. The summed E-state index contributed by atoms with van der Waals surface area (Å²) in [6.07, 6.45) is 0.381. The quantitative estimate of drug-likeness (QED) is 0.601. The molecule has 0 aromatic carbocycles. The molecule has 19 heavy (non-hydrogen) atoms. The molecule has 1 fully saturated rings. The van der Waals surface area contributed by atoms with Crippen LogP contribution in [0.2, 0.25) is 0 Å². The summed E-state index contributed by atoms with van der Waals surface area (Å²) in [5.74, 6) is 2.97. The van der Waals surface area contributed by atoms with Crippen molar-refractivity contribution in [3.63, 3.8) is 0 Å². The van der Waals surface area contributed by atoms with Gasteiger partial charge >= 0.3 is 0 Å². The fourth-order valence-corrected chi connectivity index (χ4v) is 3.20. The molecule has 0 bridgehead atoms. The second-order valence-electron chi connectivity index (χ2n) is 4.26. The molecular weight excluding hydrogens is 278 g/mol. The maximum atomic E-state index is 13.7. The Labute approximate surface area is 109 Å². The summed E-state index contributed by atoms with van der Waals surface area (Å²) in [5.41, 5.74) is 2.04. The van der Waals surface area contributed by atoms with Crippen LogP contribution >= 0.6 is 0 Å². The van der Waals surface area contributed by atoms with Crippen molar-refractivity contribution in [2.24, 2.45) is 5.84 Å². The highest BCUT2D eigenvalue weighted by molar-refractivity contribution is 7.91. The number of hydrazine groups is 1. The average Bonchev–Trinajstić information content (AvgIpc) is 2.51. The van der Waals surface area contributed by atoms with Crippen molar-refractivity contribution in [3.8, 4) is 0 Å². The molecule has 1 aliphatic heterocycles. The minimum Gasteiger partial charge on any atom is -0.353 e. The Morgan fingerprint density at radius 2 is 2.00 bits per heavy atom. The third kappa shape index (κ3) is 3.10. The summed E-state index contributed by atoms with van der Waals surface area (Å²) in [6.45, 7) is 0.473. The highest BCUT2D eigenvalue weighted by Crippen LogP contribution is 2.23. The summed E-state index contributed by atoms with van der Waals surface area (Å²) >= 11 is 0. The molecule has 0 spiro atoms. The summed E-state index contributed by atoms with van der Waals surface area (Å²) in [5, 5.41) is 0. The number of hydrogen-bond donors (Lipinski definition) is 2. The highest BCUT2D eigenvalue weighted by atomic mass is 32.2. The first-order valence-electron chi connectivity index (χ1n) is 5.71. The Kier molecular flexibility index (Phi) is 3.85. The molecule has 3 N–H and O–H groups in total. The molecule has 106 valence electrons. The van der Waals surface area contributed by atoms with Crippen LogP contribution in [0.5, 0.6) is 0 Å². The van der Waals surface area contributed by atoms with E-state index in [4.69, 9.17) is 5.84 Å². The van der Waals surface area contributed by atoms with Gasteiger partial charge in [0.25, 0.3) is 0 Å². The van der Waals surface area contributed by atoms with Crippen molar-refractivity contribution in [2.75, 3.05) is 34.9 Å². The van der Waals surface area contributed by atoms with E-state index < -0.39 is 21.5 Å². The molecule has 2 rings (SSSR count). The van der Waals surface area contributed by atoms with Crippen molar-refractivity contribution in [1.82, 2.24) is 4.98 Å². The molecule has 1 aromatic heterocycles. The van der Waals surface area contributed by atoms with Gasteiger partial charge in [-0.3, -0.25) is 0 Å².